The average Bonchev–Trinajstić information content (AvgIpc) is 2.61. The molecule has 0 saturated heterocycles. The van der Waals surface area contributed by atoms with Gasteiger partial charge in [-0.2, -0.15) is 5.10 Å². The molecule has 1 aliphatic heterocycles. The molecule has 1 unspecified atom stereocenters. The molecule has 0 spiro atoms. The van der Waals surface area contributed by atoms with Crippen LogP contribution in [0.5, 0.6) is 0 Å². The minimum Gasteiger partial charge on any atom is -0.477 e. The minimum atomic E-state index is -1.23. The predicted molar refractivity (Wildman–Crippen MR) is 100 cm³/mol. The van der Waals surface area contributed by atoms with Gasteiger partial charge in [-0.05, 0) is 45.2 Å². The Kier molecular flexibility index (Phi) is 4.88. The average molecular weight is 354 g/mol. The highest BCUT2D eigenvalue weighted by Crippen LogP contribution is 2.23. The van der Waals surface area contributed by atoms with E-state index in [1.807, 2.05) is 38.1 Å². The van der Waals surface area contributed by atoms with Crippen LogP contribution in [0, 0.1) is 6.92 Å². The predicted octanol–water partition coefficient (Wildman–Crippen LogP) is 2.98. The number of aromatic carboxylic acids is 1. The van der Waals surface area contributed by atoms with E-state index >= 15 is 0 Å². The number of fused-ring (bicyclic) bond motifs is 1. The fraction of sp³-hybridized carbons (Fsp3) is 0.368. The van der Waals surface area contributed by atoms with Gasteiger partial charge in [0.25, 0.3) is 5.56 Å². The van der Waals surface area contributed by atoms with Crippen molar-refractivity contribution in [2.75, 3.05) is 5.43 Å². The molecule has 2 aromatic rings. The molecule has 1 aromatic heterocycles. The summed E-state index contributed by atoms with van der Waals surface area (Å²) in [6.07, 6.45) is 1.74. The first-order valence-electron chi connectivity index (χ1n) is 8.70. The number of nitrogens with one attached hydrogen (secondary N) is 1. The number of rotatable bonds is 4. The molecule has 0 amide bonds. The molecule has 0 saturated carbocycles. The topological polar surface area (TPSA) is 96.6 Å². The molecule has 2 heterocycles. The Morgan fingerprint density at radius 1 is 1.38 bits per heavy atom. The van der Waals surface area contributed by atoms with Crippen molar-refractivity contribution in [1.82, 2.24) is 9.55 Å². The summed E-state index contributed by atoms with van der Waals surface area (Å²) in [7, 11) is 0. The third-order valence-electron chi connectivity index (χ3n) is 4.61. The lowest BCUT2D eigenvalue weighted by molar-refractivity contribution is 0.0692. The number of hydrogen-bond acceptors (Lipinski definition) is 5. The minimum absolute atomic E-state index is 0.118. The van der Waals surface area contributed by atoms with Crippen molar-refractivity contribution in [2.45, 2.75) is 46.1 Å². The smallest absolute Gasteiger partial charge is 0.343 e. The van der Waals surface area contributed by atoms with Crippen molar-refractivity contribution in [3.05, 3.63) is 57.3 Å². The van der Waals surface area contributed by atoms with Crippen LogP contribution in [0.25, 0.3) is 0 Å². The van der Waals surface area contributed by atoms with Crippen molar-refractivity contribution >= 4 is 17.4 Å². The first-order valence-corrected chi connectivity index (χ1v) is 8.70. The maximum atomic E-state index is 12.8. The van der Waals surface area contributed by atoms with Gasteiger partial charge in [0.15, 0.2) is 5.82 Å². The summed E-state index contributed by atoms with van der Waals surface area (Å²) in [5.41, 5.74) is 5.22. The summed E-state index contributed by atoms with van der Waals surface area (Å²) in [6, 6.07) is 7.70. The number of carboxylic acid groups (broad SMARTS) is 1. The van der Waals surface area contributed by atoms with E-state index < -0.39 is 11.5 Å². The van der Waals surface area contributed by atoms with Crippen LogP contribution in [0.4, 0.5) is 5.69 Å². The van der Waals surface area contributed by atoms with Crippen molar-refractivity contribution in [1.29, 1.82) is 0 Å². The molecule has 1 atom stereocenters. The van der Waals surface area contributed by atoms with Crippen molar-refractivity contribution in [2.24, 2.45) is 5.10 Å². The number of hydrogen-bond donors (Lipinski definition) is 2. The van der Waals surface area contributed by atoms with Crippen molar-refractivity contribution < 1.29 is 9.90 Å². The number of carboxylic acids is 1. The van der Waals surface area contributed by atoms with Gasteiger partial charge in [-0.25, -0.2) is 9.78 Å². The van der Waals surface area contributed by atoms with Gasteiger partial charge >= 0.3 is 5.97 Å². The first kappa shape index (κ1) is 17.8. The van der Waals surface area contributed by atoms with Gasteiger partial charge in [-0.1, -0.05) is 24.6 Å². The molecule has 0 fully saturated rings. The lowest BCUT2D eigenvalue weighted by Gasteiger charge is -2.26. The van der Waals surface area contributed by atoms with Crippen LogP contribution in [-0.4, -0.2) is 26.3 Å². The molecule has 0 aliphatic carbocycles. The zero-order chi connectivity index (χ0) is 18.8. The molecule has 7 heteroatoms. The monoisotopic (exact) mass is 354 g/mol. The van der Waals surface area contributed by atoms with E-state index in [1.54, 1.807) is 6.92 Å². The lowest BCUT2D eigenvalue weighted by Crippen LogP contribution is -2.38. The molecule has 1 aromatic carbocycles. The molecular formula is C19H22N4O3. The fourth-order valence-corrected chi connectivity index (χ4v) is 3.11. The Morgan fingerprint density at radius 2 is 2.08 bits per heavy atom. The van der Waals surface area contributed by atoms with Crippen molar-refractivity contribution in [3.63, 3.8) is 0 Å². The van der Waals surface area contributed by atoms with Crippen LogP contribution in [0.1, 0.15) is 60.2 Å². The Bertz CT molecular complexity index is 929. The van der Waals surface area contributed by atoms with Crippen LogP contribution in [0.3, 0.4) is 0 Å². The summed E-state index contributed by atoms with van der Waals surface area (Å²) in [5, 5.41) is 13.9. The van der Waals surface area contributed by atoms with Gasteiger partial charge in [0.1, 0.15) is 11.3 Å². The Hall–Kier alpha value is -2.96. The number of aryl methyl sites for hydroxylation is 2. The summed E-state index contributed by atoms with van der Waals surface area (Å²) >= 11 is 0. The van der Waals surface area contributed by atoms with E-state index in [0.717, 1.165) is 11.3 Å². The third-order valence-corrected chi connectivity index (χ3v) is 4.61. The highest BCUT2D eigenvalue weighted by Gasteiger charge is 2.29. The van der Waals surface area contributed by atoms with E-state index in [2.05, 4.69) is 15.5 Å². The number of aromatic nitrogens is 2. The second-order valence-corrected chi connectivity index (χ2v) is 6.51. The number of benzene rings is 1. The van der Waals surface area contributed by atoms with Gasteiger partial charge in [-0.3, -0.25) is 14.8 Å². The Balaban J connectivity index is 2.07. The molecule has 1 aliphatic rings. The van der Waals surface area contributed by atoms with E-state index in [4.69, 9.17) is 0 Å². The summed E-state index contributed by atoms with van der Waals surface area (Å²) in [6.45, 7) is 5.70. The fourth-order valence-electron chi connectivity index (χ4n) is 3.11. The second kappa shape index (κ2) is 7.11. The Morgan fingerprint density at radius 3 is 2.69 bits per heavy atom. The molecule has 2 N–H and O–H groups in total. The van der Waals surface area contributed by atoms with E-state index in [-0.39, 0.29) is 11.6 Å². The van der Waals surface area contributed by atoms with Crippen LogP contribution in [0.15, 0.2) is 34.2 Å². The highest BCUT2D eigenvalue weighted by molar-refractivity contribution is 5.99. The number of carbonyl (C=O) groups is 1. The largest absolute Gasteiger partial charge is 0.477 e. The third kappa shape index (κ3) is 3.24. The van der Waals surface area contributed by atoms with Crippen LogP contribution < -0.4 is 11.0 Å². The maximum absolute atomic E-state index is 12.8. The summed E-state index contributed by atoms with van der Waals surface area (Å²) < 4.78 is 1.46. The molecule has 136 valence electrons. The zero-order valence-corrected chi connectivity index (χ0v) is 15.1. The van der Waals surface area contributed by atoms with Gasteiger partial charge in [0.05, 0.1) is 11.4 Å². The van der Waals surface area contributed by atoms with Gasteiger partial charge < -0.3 is 5.11 Å². The normalized spacial score (nSPS) is 17.8. The van der Waals surface area contributed by atoms with Gasteiger partial charge in [-0.15, -0.1) is 0 Å². The van der Waals surface area contributed by atoms with Gasteiger partial charge in [0.2, 0.25) is 0 Å². The molecular weight excluding hydrogens is 332 g/mol. The van der Waals surface area contributed by atoms with Gasteiger partial charge in [0, 0.05) is 6.04 Å². The number of hydrazone groups is 1. The van der Waals surface area contributed by atoms with E-state index in [9.17, 15) is 14.7 Å². The molecule has 26 heavy (non-hydrogen) atoms. The lowest BCUT2D eigenvalue weighted by atomic mass is 10.0. The molecule has 3 rings (SSSR count). The zero-order valence-electron chi connectivity index (χ0n) is 15.1. The highest BCUT2D eigenvalue weighted by atomic mass is 16.4. The quantitative estimate of drug-likeness (QED) is 0.823. The Labute approximate surface area is 151 Å². The maximum Gasteiger partial charge on any atom is 0.343 e. The standard InChI is InChI=1S/C19H22N4O3/c1-4-14-16(19(25)26)18(24)23-12(3)7-10-15(17(23)20-14)22-21-13-8-5-11(2)6-9-13/h5-6,8-9,12,21H,4,7,10H2,1-3H3,(H,25,26). The second-order valence-electron chi connectivity index (χ2n) is 6.51. The number of nitrogens with zero attached hydrogens (tertiary/aromatic N) is 3. The molecule has 7 nitrogen and oxygen atoms in total. The molecule has 0 radical (unpaired) electrons. The van der Waals surface area contributed by atoms with E-state index in [1.165, 1.54) is 4.57 Å². The number of anilines is 1. The van der Waals surface area contributed by atoms with Crippen LogP contribution >= 0.6 is 0 Å². The summed E-state index contributed by atoms with van der Waals surface area (Å²) in [4.78, 5) is 28.8. The molecule has 0 bridgehead atoms. The first-order chi connectivity index (χ1) is 12.4. The SMILES string of the molecule is CCc1nc2n(c(=O)c1C(=O)O)C(C)CCC2=NNc1ccc(C)cc1. The van der Waals surface area contributed by atoms with Crippen LogP contribution in [-0.2, 0) is 6.42 Å². The van der Waals surface area contributed by atoms with Crippen LogP contribution in [0.2, 0.25) is 0 Å². The van der Waals surface area contributed by atoms with Crippen molar-refractivity contribution in [3.8, 4) is 0 Å². The van der Waals surface area contributed by atoms with E-state index in [0.29, 0.717) is 36.5 Å². The summed E-state index contributed by atoms with van der Waals surface area (Å²) in [5.74, 6) is -0.779.